The maximum Gasteiger partial charge on any atom is 0.0237 e. The first-order chi connectivity index (χ1) is 9.69. The highest BCUT2D eigenvalue weighted by Crippen LogP contribution is 2.14. The molecule has 0 saturated carbocycles. The molecule has 0 spiro atoms. The Kier molecular flexibility index (Phi) is 6.02. The van der Waals surface area contributed by atoms with Crippen molar-refractivity contribution in [1.82, 2.24) is 15.1 Å². The summed E-state index contributed by atoms with van der Waals surface area (Å²) in [4.78, 5) is 5.02. The van der Waals surface area contributed by atoms with E-state index in [1.165, 1.54) is 37.2 Å². The molecule has 0 bridgehead atoms. The van der Waals surface area contributed by atoms with Gasteiger partial charge < -0.3 is 10.2 Å². The molecule has 20 heavy (non-hydrogen) atoms. The minimum atomic E-state index is 0.649. The summed E-state index contributed by atoms with van der Waals surface area (Å²) < 4.78 is 0. The summed E-state index contributed by atoms with van der Waals surface area (Å²) in [6.07, 6.45) is 1.19. The van der Waals surface area contributed by atoms with Crippen LogP contribution < -0.4 is 5.32 Å². The highest BCUT2D eigenvalue weighted by atomic mass is 15.3. The summed E-state index contributed by atoms with van der Waals surface area (Å²) in [7, 11) is 2.22. The Balaban J connectivity index is 1.90. The van der Waals surface area contributed by atoms with Gasteiger partial charge in [-0.2, -0.15) is 0 Å². The van der Waals surface area contributed by atoms with Gasteiger partial charge in [0.05, 0.1) is 0 Å². The van der Waals surface area contributed by atoms with Crippen LogP contribution in [0.2, 0.25) is 0 Å². The fourth-order valence-electron chi connectivity index (χ4n) is 2.89. The van der Waals surface area contributed by atoms with Crippen LogP contribution in [-0.4, -0.2) is 49.1 Å². The van der Waals surface area contributed by atoms with E-state index >= 15 is 0 Å². The smallest absolute Gasteiger partial charge is 0.0237 e. The van der Waals surface area contributed by atoms with Crippen molar-refractivity contribution in [2.24, 2.45) is 0 Å². The Labute approximate surface area is 124 Å². The van der Waals surface area contributed by atoms with Crippen LogP contribution in [0.3, 0.4) is 0 Å². The molecule has 0 aliphatic carbocycles. The SMILES string of the molecule is CCCNCc1cccc(CN2CCN(C)CC2C)c1. The third-order valence-corrected chi connectivity index (χ3v) is 4.10. The van der Waals surface area contributed by atoms with Crippen molar-refractivity contribution in [2.45, 2.75) is 39.4 Å². The van der Waals surface area contributed by atoms with Gasteiger partial charge in [-0.25, -0.2) is 0 Å². The molecule has 3 heteroatoms. The van der Waals surface area contributed by atoms with Gasteiger partial charge in [0.25, 0.3) is 0 Å². The summed E-state index contributed by atoms with van der Waals surface area (Å²) in [6, 6.07) is 9.68. The number of nitrogens with one attached hydrogen (secondary N) is 1. The molecular weight excluding hydrogens is 246 g/mol. The summed E-state index contributed by atoms with van der Waals surface area (Å²) in [5, 5.41) is 3.48. The lowest BCUT2D eigenvalue weighted by Crippen LogP contribution is -2.49. The van der Waals surface area contributed by atoms with Crippen LogP contribution in [0, 0.1) is 0 Å². The summed E-state index contributed by atoms with van der Waals surface area (Å²) in [5.74, 6) is 0. The van der Waals surface area contributed by atoms with Crippen LogP contribution in [0.4, 0.5) is 0 Å². The standard InChI is InChI=1S/C17H29N3/c1-4-8-18-12-16-6-5-7-17(11-16)14-20-10-9-19(3)13-15(20)2/h5-7,11,15,18H,4,8-10,12-14H2,1-3H3. The quantitative estimate of drug-likeness (QED) is 0.804. The second-order valence-corrected chi connectivity index (χ2v) is 6.08. The van der Waals surface area contributed by atoms with Gasteiger partial charge in [-0.15, -0.1) is 0 Å². The van der Waals surface area contributed by atoms with E-state index in [1.807, 2.05) is 0 Å². The molecular formula is C17H29N3. The van der Waals surface area contributed by atoms with Crippen LogP contribution in [0.5, 0.6) is 0 Å². The van der Waals surface area contributed by atoms with Gasteiger partial charge >= 0.3 is 0 Å². The maximum absolute atomic E-state index is 3.48. The predicted molar refractivity (Wildman–Crippen MR) is 85.8 cm³/mol. The van der Waals surface area contributed by atoms with Crippen molar-refractivity contribution >= 4 is 0 Å². The molecule has 1 atom stereocenters. The monoisotopic (exact) mass is 275 g/mol. The van der Waals surface area contributed by atoms with E-state index < -0.39 is 0 Å². The molecule has 1 N–H and O–H groups in total. The number of hydrogen-bond donors (Lipinski definition) is 1. The molecule has 1 saturated heterocycles. The van der Waals surface area contributed by atoms with Gasteiger partial charge in [0.15, 0.2) is 0 Å². The topological polar surface area (TPSA) is 18.5 Å². The Morgan fingerprint density at radius 2 is 2.05 bits per heavy atom. The van der Waals surface area contributed by atoms with Crippen LogP contribution in [0.15, 0.2) is 24.3 Å². The Bertz CT molecular complexity index is 405. The first-order valence-corrected chi connectivity index (χ1v) is 7.90. The van der Waals surface area contributed by atoms with E-state index in [4.69, 9.17) is 0 Å². The van der Waals surface area contributed by atoms with Gasteiger partial charge in [0.2, 0.25) is 0 Å². The Morgan fingerprint density at radius 1 is 1.25 bits per heavy atom. The molecule has 1 aliphatic heterocycles. The van der Waals surface area contributed by atoms with E-state index in [2.05, 4.69) is 60.3 Å². The molecule has 1 aromatic carbocycles. The van der Waals surface area contributed by atoms with Gasteiger partial charge in [-0.05, 0) is 38.1 Å². The van der Waals surface area contributed by atoms with Crippen LogP contribution in [0.1, 0.15) is 31.4 Å². The van der Waals surface area contributed by atoms with Gasteiger partial charge in [0.1, 0.15) is 0 Å². The molecule has 1 fully saturated rings. The molecule has 0 radical (unpaired) electrons. The first kappa shape index (κ1) is 15.5. The Morgan fingerprint density at radius 3 is 2.80 bits per heavy atom. The van der Waals surface area contributed by atoms with Crippen molar-refractivity contribution in [1.29, 1.82) is 0 Å². The average molecular weight is 275 g/mol. The number of nitrogens with zero attached hydrogens (tertiary/aromatic N) is 2. The highest BCUT2D eigenvalue weighted by Gasteiger charge is 2.21. The van der Waals surface area contributed by atoms with Crippen LogP contribution >= 0.6 is 0 Å². The van der Waals surface area contributed by atoms with Gasteiger partial charge in [0, 0.05) is 38.8 Å². The molecule has 1 unspecified atom stereocenters. The second kappa shape index (κ2) is 7.77. The summed E-state index contributed by atoms with van der Waals surface area (Å²) >= 11 is 0. The minimum absolute atomic E-state index is 0.649. The fraction of sp³-hybridized carbons (Fsp3) is 0.647. The van der Waals surface area contributed by atoms with Crippen molar-refractivity contribution < 1.29 is 0 Å². The lowest BCUT2D eigenvalue weighted by molar-refractivity contribution is 0.0938. The zero-order valence-electron chi connectivity index (χ0n) is 13.2. The normalized spacial score (nSPS) is 21.2. The van der Waals surface area contributed by atoms with E-state index in [9.17, 15) is 0 Å². The number of benzene rings is 1. The van der Waals surface area contributed by atoms with Gasteiger partial charge in [-0.3, -0.25) is 4.90 Å². The summed E-state index contributed by atoms with van der Waals surface area (Å²) in [5.41, 5.74) is 2.84. The van der Waals surface area contributed by atoms with E-state index in [0.717, 1.165) is 19.6 Å². The Hall–Kier alpha value is -0.900. The minimum Gasteiger partial charge on any atom is -0.313 e. The largest absolute Gasteiger partial charge is 0.313 e. The molecule has 1 heterocycles. The lowest BCUT2D eigenvalue weighted by Gasteiger charge is -2.38. The molecule has 3 nitrogen and oxygen atoms in total. The van der Waals surface area contributed by atoms with E-state index in [0.29, 0.717) is 6.04 Å². The molecule has 0 aromatic heterocycles. The number of piperazine rings is 1. The van der Waals surface area contributed by atoms with E-state index in [-0.39, 0.29) is 0 Å². The third kappa shape index (κ3) is 4.58. The van der Waals surface area contributed by atoms with E-state index in [1.54, 1.807) is 0 Å². The molecule has 112 valence electrons. The first-order valence-electron chi connectivity index (χ1n) is 7.90. The third-order valence-electron chi connectivity index (χ3n) is 4.10. The van der Waals surface area contributed by atoms with Crippen LogP contribution in [-0.2, 0) is 13.1 Å². The average Bonchev–Trinajstić information content (AvgIpc) is 2.43. The molecule has 1 aromatic rings. The van der Waals surface area contributed by atoms with Crippen molar-refractivity contribution in [3.63, 3.8) is 0 Å². The number of likely N-dealkylation sites (N-methyl/N-ethyl adjacent to an activating group) is 1. The second-order valence-electron chi connectivity index (χ2n) is 6.08. The predicted octanol–water partition coefficient (Wildman–Crippen LogP) is 2.32. The molecule has 2 rings (SSSR count). The lowest BCUT2D eigenvalue weighted by atomic mass is 10.1. The molecule has 0 amide bonds. The highest BCUT2D eigenvalue weighted by molar-refractivity contribution is 5.23. The summed E-state index contributed by atoms with van der Waals surface area (Å²) in [6.45, 7) is 11.2. The zero-order chi connectivity index (χ0) is 14.4. The number of hydrogen-bond acceptors (Lipinski definition) is 3. The van der Waals surface area contributed by atoms with Crippen LogP contribution in [0.25, 0.3) is 0 Å². The number of rotatable bonds is 6. The molecule has 1 aliphatic rings. The van der Waals surface area contributed by atoms with Crippen molar-refractivity contribution in [3.8, 4) is 0 Å². The zero-order valence-corrected chi connectivity index (χ0v) is 13.2. The fourth-order valence-corrected chi connectivity index (χ4v) is 2.89. The van der Waals surface area contributed by atoms with Crippen molar-refractivity contribution in [2.75, 3.05) is 33.2 Å². The van der Waals surface area contributed by atoms with Crippen molar-refractivity contribution in [3.05, 3.63) is 35.4 Å². The van der Waals surface area contributed by atoms with Gasteiger partial charge in [-0.1, -0.05) is 31.2 Å². The maximum atomic E-state index is 3.48.